The van der Waals surface area contributed by atoms with Gasteiger partial charge >= 0.3 is 17.9 Å². The quantitative estimate of drug-likeness (QED) is 0.0261. The number of ether oxygens (including phenoxy) is 3. The van der Waals surface area contributed by atoms with Crippen LogP contribution in [0.25, 0.3) is 0 Å². The Balaban J connectivity index is 4.41. The van der Waals surface area contributed by atoms with Crippen LogP contribution >= 0.6 is 0 Å². The molecular weight excluding hydrogens is 901 g/mol. The highest BCUT2D eigenvalue weighted by molar-refractivity contribution is 5.71. The van der Waals surface area contributed by atoms with Gasteiger partial charge in [-0.05, 0) is 122 Å². The molecule has 1 atom stereocenters. The molecule has 0 radical (unpaired) electrons. The molecular formula is C67H112O6. The first-order valence-electron chi connectivity index (χ1n) is 30.4. The third-order valence-corrected chi connectivity index (χ3v) is 12.7. The average molecular weight is 1010 g/mol. The fraction of sp³-hybridized carbons (Fsp3) is 0.687. The van der Waals surface area contributed by atoms with Gasteiger partial charge in [0, 0.05) is 19.3 Å². The molecule has 0 aliphatic carbocycles. The molecule has 0 amide bonds. The fourth-order valence-corrected chi connectivity index (χ4v) is 8.24. The summed E-state index contributed by atoms with van der Waals surface area (Å²) in [7, 11) is 0. The average Bonchev–Trinajstić information content (AvgIpc) is 3.39. The maximum atomic E-state index is 12.9. The van der Waals surface area contributed by atoms with Crippen LogP contribution in [-0.4, -0.2) is 37.2 Å². The molecule has 6 heteroatoms. The van der Waals surface area contributed by atoms with Crippen molar-refractivity contribution in [3.8, 4) is 0 Å². The third-order valence-electron chi connectivity index (χ3n) is 12.7. The molecule has 0 saturated carbocycles. The Kier molecular flexibility index (Phi) is 57.4. The maximum Gasteiger partial charge on any atom is 0.306 e. The fourth-order valence-electron chi connectivity index (χ4n) is 8.24. The molecule has 0 aliphatic heterocycles. The van der Waals surface area contributed by atoms with E-state index >= 15 is 0 Å². The van der Waals surface area contributed by atoms with Crippen LogP contribution in [0.4, 0.5) is 0 Å². The molecule has 0 spiro atoms. The van der Waals surface area contributed by atoms with Gasteiger partial charge in [0.2, 0.25) is 0 Å². The van der Waals surface area contributed by atoms with E-state index < -0.39 is 6.10 Å². The summed E-state index contributed by atoms with van der Waals surface area (Å²) < 4.78 is 16.9. The highest BCUT2D eigenvalue weighted by atomic mass is 16.6. The minimum absolute atomic E-state index is 0.0959. The standard InChI is InChI=1S/C67H112O6/c1-4-7-10-13-16-19-22-25-28-30-31-32-33-34-35-37-39-42-45-48-51-54-57-60-66(69)72-63-64(62-71-65(68)59-56-53-50-47-44-41-38-27-24-21-18-15-12-9-6-3)73-67(70)61-58-55-52-49-46-43-40-36-29-26-23-20-17-14-11-8-5-2/h7,9-10,12,16,18-19,21,25-29,31-32,38,44,47,64H,4-6,8,11,13-15,17,20,22-24,30,33-37,39-43,45-46,48-63H2,1-3H3/b10-7-,12-9-,19-16-,21-18-,28-25-,29-26-,32-31-,38-27-,47-44-. The molecule has 0 fully saturated rings. The van der Waals surface area contributed by atoms with Gasteiger partial charge < -0.3 is 14.2 Å². The summed E-state index contributed by atoms with van der Waals surface area (Å²) in [6.07, 6.45) is 82.3. The molecule has 0 aliphatic rings. The van der Waals surface area contributed by atoms with Gasteiger partial charge in [-0.25, -0.2) is 0 Å². The van der Waals surface area contributed by atoms with Crippen LogP contribution in [0, 0.1) is 0 Å². The monoisotopic (exact) mass is 1010 g/mol. The number of unbranched alkanes of at least 4 members (excludes halogenated alkanes) is 25. The molecule has 0 aromatic carbocycles. The molecule has 0 bridgehead atoms. The van der Waals surface area contributed by atoms with Crippen molar-refractivity contribution >= 4 is 17.9 Å². The zero-order valence-corrected chi connectivity index (χ0v) is 47.6. The van der Waals surface area contributed by atoms with Crippen molar-refractivity contribution in [3.05, 3.63) is 109 Å². The van der Waals surface area contributed by atoms with E-state index in [4.69, 9.17) is 14.2 Å². The number of allylic oxidation sites excluding steroid dienone is 18. The zero-order chi connectivity index (χ0) is 52.9. The van der Waals surface area contributed by atoms with E-state index in [0.29, 0.717) is 19.3 Å². The first-order valence-corrected chi connectivity index (χ1v) is 30.4. The molecule has 0 N–H and O–H groups in total. The molecule has 6 nitrogen and oxygen atoms in total. The summed E-state index contributed by atoms with van der Waals surface area (Å²) in [6, 6.07) is 0. The Morgan fingerprint density at radius 3 is 0.877 bits per heavy atom. The second-order valence-corrected chi connectivity index (χ2v) is 19.8. The summed E-state index contributed by atoms with van der Waals surface area (Å²) in [5.74, 6) is -0.943. The van der Waals surface area contributed by atoms with Crippen molar-refractivity contribution in [1.29, 1.82) is 0 Å². The molecule has 1 unspecified atom stereocenters. The van der Waals surface area contributed by atoms with Crippen LogP contribution in [-0.2, 0) is 28.6 Å². The van der Waals surface area contributed by atoms with E-state index in [9.17, 15) is 14.4 Å². The lowest BCUT2D eigenvalue weighted by molar-refractivity contribution is -0.167. The predicted octanol–water partition coefficient (Wildman–Crippen LogP) is 20.7. The number of esters is 3. The third kappa shape index (κ3) is 58.8. The van der Waals surface area contributed by atoms with Crippen molar-refractivity contribution in [3.63, 3.8) is 0 Å². The van der Waals surface area contributed by atoms with E-state index in [-0.39, 0.29) is 31.1 Å². The van der Waals surface area contributed by atoms with Crippen LogP contribution in [0.3, 0.4) is 0 Å². The molecule has 0 saturated heterocycles. The Labute approximate surface area is 450 Å². The lowest BCUT2D eigenvalue weighted by Crippen LogP contribution is -2.30. The zero-order valence-electron chi connectivity index (χ0n) is 47.6. The molecule has 73 heavy (non-hydrogen) atoms. The molecule has 0 aromatic heterocycles. The lowest BCUT2D eigenvalue weighted by Gasteiger charge is -2.18. The molecule has 0 aromatic rings. The van der Waals surface area contributed by atoms with Crippen LogP contribution in [0.1, 0.15) is 278 Å². The van der Waals surface area contributed by atoms with Crippen molar-refractivity contribution in [2.75, 3.05) is 13.2 Å². The Morgan fingerprint density at radius 2 is 0.534 bits per heavy atom. The number of carbonyl (C=O) groups is 3. The molecule has 0 heterocycles. The summed E-state index contributed by atoms with van der Waals surface area (Å²) >= 11 is 0. The normalized spacial score (nSPS) is 12.9. The summed E-state index contributed by atoms with van der Waals surface area (Å²) in [6.45, 7) is 6.38. The number of carbonyl (C=O) groups excluding carboxylic acids is 3. The molecule has 416 valence electrons. The number of hydrogen-bond donors (Lipinski definition) is 0. The van der Waals surface area contributed by atoms with Crippen molar-refractivity contribution in [2.24, 2.45) is 0 Å². The van der Waals surface area contributed by atoms with E-state index in [1.807, 2.05) is 0 Å². The van der Waals surface area contributed by atoms with Crippen LogP contribution < -0.4 is 0 Å². The van der Waals surface area contributed by atoms with Crippen LogP contribution in [0.5, 0.6) is 0 Å². The van der Waals surface area contributed by atoms with E-state index in [0.717, 1.165) is 109 Å². The number of rotatable bonds is 54. The van der Waals surface area contributed by atoms with Gasteiger partial charge in [0.15, 0.2) is 6.10 Å². The second kappa shape index (κ2) is 60.6. The minimum Gasteiger partial charge on any atom is -0.462 e. The van der Waals surface area contributed by atoms with Gasteiger partial charge in [-0.15, -0.1) is 0 Å². The summed E-state index contributed by atoms with van der Waals surface area (Å²) in [4.78, 5) is 38.2. The smallest absolute Gasteiger partial charge is 0.306 e. The second-order valence-electron chi connectivity index (χ2n) is 19.8. The first-order chi connectivity index (χ1) is 36.0. The summed E-state index contributed by atoms with van der Waals surface area (Å²) in [5.41, 5.74) is 0. The Morgan fingerprint density at radius 1 is 0.288 bits per heavy atom. The SMILES string of the molecule is CC/C=C\C/C=C\C/C=C\C/C=C\CCCCCCCCCCCCC(=O)OCC(COC(=O)CCCC/C=C\C/C=C\C/C=C\C/C=C\CC)OC(=O)CCCCCCCCC/C=C\CCCCCCCC. The highest BCUT2D eigenvalue weighted by Gasteiger charge is 2.19. The first kappa shape index (κ1) is 69.1. The van der Waals surface area contributed by atoms with E-state index in [2.05, 4.69) is 130 Å². The molecule has 0 rings (SSSR count). The van der Waals surface area contributed by atoms with Crippen LogP contribution in [0.2, 0.25) is 0 Å². The highest BCUT2D eigenvalue weighted by Crippen LogP contribution is 2.15. The predicted molar refractivity (Wildman–Crippen MR) is 316 cm³/mol. The van der Waals surface area contributed by atoms with Gasteiger partial charge in [0.05, 0.1) is 0 Å². The summed E-state index contributed by atoms with van der Waals surface area (Å²) in [5, 5.41) is 0. The van der Waals surface area contributed by atoms with Crippen molar-refractivity contribution in [1.82, 2.24) is 0 Å². The van der Waals surface area contributed by atoms with Gasteiger partial charge in [-0.1, -0.05) is 246 Å². The van der Waals surface area contributed by atoms with Crippen molar-refractivity contribution < 1.29 is 28.6 Å². The van der Waals surface area contributed by atoms with Crippen LogP contribution in [0.15, 0.2) is 109 Å². The van der Waals surface area contributed by atoms with Gasteiger partial charge in [-0.2, -0.15) is 0 Å². The lowest BCUT2D eigenvalue weighted by atomic mass is 10.1. The van der Waals surface area contributed by atoms with E-state index in [1.165, 1.54) is 128 Å². The van der Waals surface area contributed by atoms with Gasteiger partial charge in [0.1, 0.15) is 13.2 Å². The van der Waals surface area contributed by atoms with E-state index in [1.54, 1.807) is 0 Å². The largest absolute Gasteiger partial charge is 0.462 e. The Bertz CT molecular complexity index is 1490. The van der Waals surface area contributed by atoms with Crippen molar-refractivity contribution in [2.45, 2.75) is 284 Å². The Hall–Kier alpha value is -3.93. The minimum atomic E-state index is -0.801. The topological polar surface area (TPSA) is 78.9 Å². The van der Waals surface area contributed by atoms with Gasteiger partial charge in [0.25, 0.3) is 0 Å². The maximum absolute atomic E-state index is 12.9. The number of hydrogen-bond acceptors (Lipinski definition) is 6. The van der Waals surface area contributed by atoms with Gasteiger partial charge in [-0.3, -0.25) is 14.4 Å².